The first kappa shape index (κ1) is 12.3. The maximum atomic E-state index is 11.2. The smallest absolute Gasteiger partial charge is 0.330 e. The van der Waals surface area contributed by atoms with Crippen LogP contribution in [0.1, 0.15) is 40.0 Å². The molecule has 0 bridgehead atoms. The summed E-state index contributed by atoms with van der Waals surface area (Å²) in [5, 5.41) is 0. The van der Waals surface area contributed by atoms with E-state index in [1.54, 1.807) is 0 Å². The highest BCUT2D eigenvalue weighted by Crippen LogP contribution is 2.35. The summed E-state index contributed by atoms with van der Waals surface area (Å²) in [7, 11) is 0. The molecule has 0 aliphatic heterocycles. The van der Waals surface area contributed by atoms with Crippen molar-refractivity contribution in [3.63, 3.8) is 0 Å². The van der Waals surface area contributed by atoms with Gasteiger partial charge in [-0.15, -0.1) is 0 Å². The van der Waals surface area contributed by atoms with E-state index in [0.29, 0.717) is 17.8 Å². The highest BCUT2D eigenvalue weighted by molar-refractivity contribution is 5.81. The van der Waals surface area contributed by atoms with Crippen molar-refractivity contribution < 1.29 is 9.53 Å². The third-order valence-electron chi connectivity index (χ3n) is 3.40. The van der Waals surface area contributed by atoms with Crippen molar-refractivity contribution in [3.8, 4) is 0 Å². The number of rotatable bonds is 3. The minimum absolute atomic E-state index is 0.0965. The van der Waals surface area contributed by atoms with E-state index in [1.165, 1.54) is 18.9 Å². The average Bonchev–Trinajstić information content (AvgIpc) is 2.17. The molecular formula is C13H22O2. The highest BCUT2D eigenvalue weighted by atomic mass is 16.5. The van der Waals surface area contributed by atoms with Gasteiger partial charge in [-0.05, 0) is 30.6 Å². The van der Waals surface area contributed by atoms with Crippen molar-refractivity contribution in [2.24, 2.45) is 17.8 Å². The molecule has 86 valence electrons. The third kappa shape index (κ3) is 3.37. The summed E-state index contributed by atoms with van der Waals surface area (Å²) < 4.78 is 5.43. The summed E-state index contributed by atoms with van der Waals surface area (Å²) in [6.45, 7) is 10.1. The Kier molecular flexibility index (Phi) is 4.37. The van der Waals surface area contributed by atoms with E-state index in [2.05, 4.69) is 27.4 Å². The van der Waals surface area contributed by atoms with Crippen molar-refractivity contribution in [2.75, 3.05) is 0 Å². The Labute approximate surface area is 92.7 Å². The molecule has 0 aromatic heterocycles. The van der Waals surface area contributed by atoms with Crippen LogP contribution in [0.2, 0.25) is 0 Å². The molecule has 1 saturated carbocycles. The van der Waals surface area contributed by atoms with Crippen LogP contribution in [0.4, 0.5) is 0 Å². The zero-order valence-electron chi connectivity index (χ0n) is 10.0. The molecule has 0 N–H and O–H groups in total. The van der Waals surface area contributed by atoms with Crippen LogP contribution >= 0.6 is 0 Å². The Morgan fingerprint density at radius 2 is 2.13 bits per heavy atom. The average molecular weight is 210 g/mol. The zero-order valence-corrected chi connectivity index (χ0v) is 10.0. The van der Waals surface area contributed by atoms with Gasteiger partial charge in [0, 0.05) is 6.08 Å². The van der Waals surface area contributed by atoms with Gasteiger partial charge in [-0.2, -0.15) is 0 Å². The molecule has 1 fully saturated rings. The first-order valence-corrected chi connectivity index (χ1v) is 5.87. The van der Waals surface area contributed by atoms with Gasteiger partial charge in [0.25, 0.3) is 0 Å². The van der Waals surface area contributed by atoms with Gasteiger partial charge >= 0.3 is 5.97 Å². The lowest BCUT2D eigenvalue weighted by molar-refractivity contribution is -0.149. The predicted molar refractivity (Wildman–Crippen MR) is 61.4 cm³/mol. The molecule has 0 unspecified atom stereocenters. The van der Waals surface area contributed by atoms with Gasteiger partial charge in [-0.3, -0.25) is 0 Å². The second-order valence-corrected chi connectivity index (χ2v) is 5.01. The molecular weight excluding hydrogens is 188 g/mol. The van der Waals surface area contributed by atoms with Crippen LogP contribution in [0.15, 0.2) is 12.7 Å². The Hall–Kier alpha value is -0.790. The van der Waals surface area contributed by atoms with Gasteiger partial charge in [-0.25, -0.2) is 4.79 Å². The molecule has 3 atom stereocenters. The van der Waals surface area contributed by atoms with Crippen molar-refractivity contribution in [3.05, 3.63) is 12.7 Å². The Balaban J connectivity index is 2.61. The molecule has 1 aliphatic rings. The van der Waals surface area contributed by atoms with Gasteiger partial charge < -0.3 is 4.74 Å². The fourth-order valence-electron chi connectivity index (χ4n) is 2.45. The molecule has 2 nitrogen and oxygen atoms in total. The molecule has 2 heteroatoms. The van der Waals surface area contributed by atoms with Crippen LogP contribution in [0.3, 0.4) is 0 Å². The molecule has 0 saturated heterocycles. The molecule has 0 amide bonds. The minimum atomic E-state index is -0.278. The fraction of sp³-hybridized carbons (Fsp3) is 0.769. The van der Waals surface area contributed by atoms with E-state index in [1.807, 2.05) is 0 Å². The quantitative estimate of drug-likeness (QED) is 0.528. The summed E-state index contributed by atoms with van der Waals surface area (Å²) in [6, 6.07) is 0. The molecule has 0 aromatic rings. The lowest BCUT2D eigenvalue weighted by Gasteiger charge is -2.36. The van der Waals surface area contributed by atoms with E-state index in [9.17, 15) is 4.79 Å². The number of carbonyl (C=O) groups excluding carboxylic acids is 1. The van der Waals surface area contributed by atoms with Crippen molar-refractivity contribution in [2.45, 2.75) is 46.1 Å². The van der Waals surface area contributed by atoms with Crippen LogP contribution < -0.4 is 0 Å². The SMILES string of the molecule is C=CC(=O)O[C@@H]1C[C@@H](C)CC[C@@H]1C(C)C. The Bertz CT molecular complexity index is 233. The zero-order chi connectivity index (χ0) is 11.4. The predicted octanol–water partition coefficient (Wildman–Crippen LogP) is 3.18. The Morgan fingerprint density at radius 1 is 1.47 bits per heavy atom. The number of carbonyl (C=O) groups is 1. The van der Waals surface area contributed by atoms with E-state index < -0.39 is 0 Å². The van der Waals surface area contributed by atoms with Crippen LogP contribution in [0, 0.1) is 17.8 Å². The number of esters is 1. The van der Waals surface area contributed by atoms with Gasteiger partial charge in [0.05, 0.1) is 0 Å². The minimum Gasteiger partial charge on any atom is -0.459 e. The number of ether oxygens (including phenoxy) is 1. The summed E-state index contributed by atoms with van der Waals surface area (Å²) >= 11 is 0. The second kappa shape index (κ2) is 5.34. The Morgan fingerprint density at radius 3 is 2.67 bits per heavy atom. The highest BCUT2D eigenvalue weighted by Gasteiger charge is 2.32. The molecule has 0 radical (unpaired) electrons. The summed E-state index contributed by atoms with van der Waals surface area (Å²) in [6.07, 6.45) is 4.79. The van der Waals surface area contributed by atoms with Gasteiger partial charge in [0.2, 0.25) is 0 Å². The summed E-state index contributed by atoms with van der Waals surface area (Å²) in [5.74, 6) is 1.49. The van der Waals surface area contributed by atoms with Crippen LogP contribution in [0.5, 0.6) is 0 Å². The van der Waals surface area contributed by atoms with Gasteiger partial charge in [0.15, 0.2) is 0 Å². The fourth-order valence-corrected chi connectivity index (χ4v) is 2.45. The first-order valence-electron chi connectivity index (χ1n) is 5.87. The largest absolute Gasteiger partial charge is 0.459 e. The van der Waals surface area contributed by atoms with Gasteiger partial charge in [0.1, 0.15) is 6.10 Å². The standard InChI is InChI=1S/C13H22O2/c1-5-13(14)15-12-8-10(4)6-7-11(12)9(2)3/h5,9-12H,1,6-8H2,2-4H3/t10-,11+,12+/m0/s1. The normalized spacial score (nSPS) is 31.3. The molecule has 0 aromatic carbocycles. The topological polar surface area (TPSA) is 26.3 Å². The second-order valence-electron chi connectivity index (χ2n) is 5.01. The van der Waals surface area contributed by atoms with Crippen LogP contribution in [-0.2, 0) is 9.53 Å². The lowest BCUT2D eigenvalue weighted by atomic mass is 9.75. The summed E-state index contributed by atoms with van der Waals surface area (Å²) in [4.78, 5) is 11.2. The summed E-state index contributed by atoms with van der Waals surface area (Å²) in [5.41, 5.74) is 0. The van der Waals surface area contributed by atoms with E-state index >= 15 is 0 Å². The van der Waals surface area contributed by atoms with Crippen molar-refractivity contribution >= 4 is 5.97 Å². The molecule has 15 heavy (non-hydrogen) atoms. The van der Waals surface area contributed by atoms with E-state index in [-0.39, 0.29) is 12.1 Å². The van der Waals surface area contributed by atoms with Crippen molar-refractivity contribution in [1.82, 2.24) is 0 Å². The van der Waals surface area contributed by atoms with E-state index in [4.69, 9.17) is 4.74 Å². The molecule has 1 rings (SSSR count). The molecule has 0 heterocycles. The van der Waals surface area contributed by atoms with Gasteiger partial charge in [-0.1, -0.05) is 33.8 Å². The van der Waals surface area contributed by atoms with Crippen molar-refractivity contribution in [1.29, 1.82) is 0 Å². The number of hydrogen-bond donors (Lipinski definition) is 0. The monoisotopic (exact) mass is 210 g/mol. The number of hydrogen-bond acceptors (Lipinski definition) is 2. The maximum absolute atomic E-state index is 11.2. The molecule has 1 aliphatic carbocycles. The third-order valence-corrected chi connectivity index (χ3v) is 3.40. The molecule has 0 spiro atoms. The lowest BCUT2D eigenvalue weighted by Crippen LogP contribution is -2.35. The first-order chi connectivity index (χ1) is 7.04. The van der Waals surface area contributed by atoms with E-state index in [0.717, 1.165) is 6.42 Å². The maximum Gasteiger partial charge on any atom is 0.330 e. The van der Waals surface area contributed by atoms with Crippen LogP contribution in [0.25, 0.3) is 0 Å². The van der Waals surface area contributed by atoms with Crippen LogP contribution in [-0.4, -0.2) is 12.1 Å².